The van der Waals surface area contributed by atoms with Crippen molar-refractivity contribution in [2.45, 2.75) is 6.54 Å². The highest BCUT2D eigenvalue weighted by Crippen LogP contribution is 2.28. The molecular weight excluding hydrogens is 224 g/mol. The number of hydrogen-bond donors (Lipinski definition) is 4. The van der Waals surface area contributed by atoms with Crippen molar-refractivity contribution in [2.75, 3.05) is 11.9 Å². The SMILES string of the molecule is NNC(=O)NCc1ccc2c(c1)NC(=O)CO2. The molecule has 0 bridgehead atoms. The number of hydrogen-bond acceptors (Lipinski definition) is 4. The Morgan fingerprint density at radius 1 is 1.53 bits per heavy atom. The highest BCUT2D eigenvalue weighted by atomic mass is 16.5. The van der Waals surface area contributed by atoms with Gasteiger partial charge in [-0.2, -0.15) is 0 Å². The predicted octanol–water partition coefficient (Wildman–Crippen LogP) is -0.310. The molecule has 0 atom stereocenters. The third kappa shape index (κ3) is 2.64. The summed E-state index contributed by atoms with van der Waals surface area (Å²) < 4.78 is 5.21. The zero-order chi connectivity index (χ0) is 12.3. The van der Waals surface area contributed by atoms with Crippen molar-refractivity contribution >= 4 is 17.6 Å². The molecule has 0 radical (unpaired) electrons. The van der Waals surface area contributed by atoms with E-state index in [9.17, 15) is 9.59 Å². The number of nitrogens with two attached hydrogens (primary N) is 1. The number of fused-ring (bicyclic) bond motifs is 1. The van der Waals surface area contributed by atoms with E-state index in [1.807, 2.05) is 5.43 Å². The predicted molar refractivity (Wildman–Crippen MR) is 60.1 cm³/mol. The van der Waals surface area contributed by atoms with E-state index in [1.54, 1.807) is 18.2 Å². The van der Waals surface area contributed by atoms with Crippen molar-refractivity contribution < 1.29 is 14.3 Å². The van der Waals surface area contributed by atoms with Gasteiger partial charge in [0, 0.05) is 6.54 Å². The quantitative estimate of drug-likeness (QED) is 0.321. The number of carbonyl (C=O) groups excluding carboxylic acids is 2. The van der Waals surface area contributed by atoms with Gasteiger partial charge in [-0.1, -0.05) is 6.07 Å². The maximum Gasteiger partial charge on any atom is 0.329 e. The van der Waals surface area contributed by atoms with Gasteiger partial charge in [-0.15, -0.1) is 0 Å². The van der Waals surface area contributed by atoms with Gasteiger partial charge in [-0.05, 0) is 17.7 Å². The molecule has 1 aliphatic heterocycles. The van der Waals surface area contributed by atoms with Gasteiger partial charge in [0.2, 0.25) is 0 Å². The molecule has 90 valence electrons. The number of urea groups is 1. The second kappa shape index (κ2) is 4.71. The first-order valence-corrected chi connectivity index (χ1v) is 4.99. The molecule has 1 aliphatic rings. The highest BCUT2D eigenvalue weighted by molar-refractivity contribution is 5.95. The van der Waals surface area contributed by atoms with Crippen LogP contribution >= 0.6 is 0 Å². The van der Waals surface area contributed by atoms with Gasteiger partial charge >= 0.3 is 6.03 Å². The van der Waals surface area contributed by atoms with Crippen LogP contribution in [-0.2, 0) is 11.3 Å². The van der Waals surface area contributed by atoms with Gasteiger partial charge in [0.05, 0.1) is 5.69 Å². The van der Waals surface area contributed by atoms with Crippen LogP contribution in [0.3, 0.4) is 0 Å². The summed E-state index contributed by atoms with van der Waals surface area (Å²) in [7, 11) is 0. The van der Waals surface area contributed by atoms with Gasteiger partial charge in [0.15, 0.2) is 6.61 Å². The lowest BCUT2D eigenvalue weighted by Crippen LogP contribution is -2.39. The molecule has 0 aliphatic carbocycles. The van der Waals surface area contributed by atoms with E-state index in [0.717, 1.165) is 5.56 Å². The average molecular weight is 236 g/mol. The fourth-order valence-electron chi connectivity index (χ4n) is 1.47. The molecule has 7 nitrogen and oxygen atoms in total. The zero-order valence-electron chi connectivity index (χ0n) is 8.95. The largest absolute Gasteiger partial charge is 0.482 e. The molecule has 0 spiro atoms. The number of benzene rings is 1. The standard InChI is InChI=1S/C10H12N4O3/c11-14-10(16)12-4-6-1-2-8-7(3-6)13-9(15)5-17-8/h1-3H,4-5,11H2,(H,13,15)(H2,12,14,16). The van der Waals surface area contributed by atoms with E-state index in [0.29, 0.717) is 18.0 Å². The molecule has 0 unspecified atom stereocenters. The first-order chi connectivity index (χ1) is 8.19. The highest BCUT2D eigenvalue weighted by Gasteiger charge is 2.15. The number of nitrogens with one attached hydrogen (secondary N) is 3. The lowest BCUT2D eigenvalue weighted by molar-refractivity contribution is -0.118. The van der Waals surface area contributed by atoms with Crippen molar-refractivity contribution in [3.05, 3.63) is 23.8 Å². The fraction of sp³-hybridized carbons (Fsp3) is 0.200. The molecule has 1 heterocycles. The van der Waals surface area contributed by atoms with E-state index < -0.39 is 6.03 Å². The van der Waals surface area contributed by atoms with Crippen molar-refractivity contribution in [1.29, 1.82) is 0 Å². The van der Waals surface area contributed by atoms with Crippen LogP contribution in [0.2, 0.25) is 0 Å². The molecule has 0 fully saturated rings. The fourth-order valence-corrected chi connectivity index (χ4v) is 1.47. The Bertz CT molecular complexity index is 461. The minimum atomic E-state index is -0.469. The maximum absolute atomic E-state index is 11.1. The number of amides is 3. The first kappa shape index (κ1) is 11.2. The molecule has 1 aromatic rings. The summed E-state index contributed by atoms with van der Waals surface area (Å²) >= 11 is 0. The summed E-state index contributed by atoms with van der Waals surface area (Å²) in [6.45, 7) is 0.340. The first-order valence-electron chi connectivity index (χ1n) is 4.99. The minimum Gasteiger partial charge on any atom is -0.482 e. The number of ether oxygens (including phenoxy) is 1. The Morgan fingerprint density at radius 2 is 2.35 bits per heavy atom. The molecular formula is C10H12N4O3. The van der Waals surface area contributed by atoms with Crippen LogP contribution in [-0.4, -0.2) is 18.5 Å². The van der Waals surface area contributed by atoms with Gasteiger partial charge in [0.1, 0.15) is 5.75 Å². The van der Waals surface area contributed by atoms with Crippen molar-refractivity contribution in [2.24, 2.45) is 5.84 Å². The van der Waals surface area contributed by atoms with Gasteiger partial charge < -0.3 is 15.4 Å². The Balaban J connectivity index is 2.07. The van der Waals surface area contributed by atoms with Gasteiger partial charge in [-0.25, -0.2) is 10.6 Å². The van der Waals surface area contributed by atoms with Gasteiger partial charge in [-0.3, -0.25) is 10.2 Å². The molecule has 0 saturated carbocycles. The van der Waals surface area contributed by atoms with Crippen LogP contribution in [0.4, 0.5) is 10.5 Å². The molecule has 17 heavy (non-hydrogen) atoms. The van der Waals surface area contributed by atoms with E-state index in [2.05, 4.69) is 10.6 Å². The van der Waals surface area contributed by atoms with E-state index in [4.69, 9.17) is 10.6 Å². The summed E-state index contributed by atoms with van der Waals surface area (Å²) in [5, 5.41) is 5.22. The zero-order valence-corrected chi connectivity index (χ0v) is 8.95. The normalized spacial score (nSPS) is 13.1. The number of anilines is 1. The average Bonchev–Trinajstić information content (AvgIpc) is 2.35. The summed E-state index contributed by atoms with van der Waals surface area (Å²) in [5.74, 6) is 5.36. The second-order valence-corrected chi connectivity index (χ2v) is 3.49. The Kier molecular flexibility index (Phi) is 3.10. The Hall–Kier alpha value is -2.28. The van der Waals surface area contributed by atoms with Crippen LogP contribution in [0.1, 0.15) is 5.56 Å². The Morgan fingerprint density at radius 3 is 3.12 bits per heavy atom. The van der Waals surface area contributed by atoms with Gasteiger partial charge in [0.25, 0.3) is 5.91 Å². The van der Waals surface area contributed by atoms with Crippen molar-refractivity contribution in [1.82, 2.24) is 10.7 Å². The van der Waals surface area contributed by atoms with Crippen molar-refractivity contribution in [3.8, 4) is 5.75 Å². The summed E-state index contributed by atoms with van der Waals surface area (Å²) in [4.78, 5) is 22.0. The van der Waals surface area contributed by atoms with Crippen molar-refractivity contribution in [3.63, 3.8) is 0 Å². The van der Waals surface area contributed by atoms with Crippen LogP contribution in [0.5, 0.6) is 5.75 Å². The third-order valence-electron chi connectivity index (χ3n) is 2.26. The molecule has 3 amide bonds. The molecule has 1 aromatic carbocycles. The topological polar surface area (TPSA) is 105 Å². The van der Waals surface area contributed by atoms with Crippen LogP contribution < -0.4 is 26.6 Å². The number of rotatable bonds is 2. The molecule has 2 rings (SSSR count). The lowest BCUT2D eigenvalue weighted by atomic mass is 10.1. The molecule has 5 N–H and O–H groups in total. The van der Waals surface area contributed by atoms with Crippen LogP contribution in [0.25, 0.3) is 0 Å². The second-order valence-electron chi connectivity index (χ2n) is 3.49. The summed E-state index contributed by atoms with van der Waals surface area (Å²) in [6, 6.07) is 4.81. The summed E-state index contributed by atoms with van der Waals surface area (Å²) in [6.07, 6.45) is 0. The third-order valence-corrected chi connectivity index (χ3v) is 2.26. The number of carbonyl (C=O) groups is 2. The molecule has 0 saturated heterocycles. The Labute approximate surface area is 97.3 Å². The minimum absolute atomic E-state index is 0.0280. The number of hydrazine groups is 1. The smallest absolute Gasteiger partial charge is 0.329 e. The lowest BCUT2D eigenvalue weighted by Gasteiger charge is -2.18. The monoisotopic (exact) mass is 236 g/mol. The summed E-state index contributed by atoms with van der Waals surface area (Å²) in [5.41, 5.74) is 3.40. The molecule has 7 heteroatoms. The molecule has 0 aromatic heterocycles. The van der Waals surface area contributed by atoms with Crippen LogP contribution in [0.15, 0.2) is 18.2 Å². The van der Waals surface area contributed by atoms with E-state index >= 15 is 0 Å². The van der Waals surface area contributed by atoms with E-state index in [1.165, 1.54) is 0 Å². The van der Waals surface area contributed by atoms with Crippen LogP contribution in [0, 0.1) is 0 Å². The van der Waals surface area contributed by atoms with E-state index in [-0.39, 0.29) is 12.5 Å². The maximum atomic E-state index is 11.1.